The fourth-order valence-corrected chi connectivity index (χ4v) is 3.77. The predicted molar refractivity (Wildman–Crippen MR) is 123 cm³/mol. The van der Waals surface area contributed by atoms with Gasteiger partial charge in [-0.15, -0.1) is 0 Å². The van der Waals surface area contributed by atoms with Crippen molar-refractivity contribution in [1.82, 2.24) is 25.0 Å². The molecular formula is C24H28N6O2. The first kappa shape index (κ1) is 21.7. The minimum absolute atomic E-state index is 0.0755. The highest BCUT2D eigenvalue weighted by atomic mass is 16.2. The van der Waals surface area contributed by atoms with Gasteiger partial charge in [0.05, 0.1) is 5.69 Å². The summed E-state index contributed by atoms with van der Waals surface area (Å²) in [4.78, 5) is 31.0. The van der Waals surface area contributed by atoms with Crippen molar-refractivity contribution in [1.29, 1.82) is 0 Å². The average molecular weight is 433 g/mol. The van der Waals surface area contributed by atoms with Gasteiger partial charge in [0, 0.05) is 37.2 Å². The number of ketones is 1. The van der Waals surface area contributed by atoms with Crippen molar-refractivity contribution in [3.63, 3.8) is 0 Å². The molecule has 0 radical (unpaired) electrons. The second-order valence-corrected chi connectivity index (χ2v) is 7.94. The van der Waals surface area contributed by atoms with Crippen LogP contribution >= 0.6 is 0 Å². The number of rotatable bonds is 9. The van der Waals surface area contributed by atoms with Crippen LogP contribution in [0.3, 0.4) is 0 Å². The fraction of sp³-hybridized carbons (Fsp3) is 0.333. The summed E-state index contributed by atoms with van der Waals surface area (Å²) in [6.07, 6.45) is 9.12. The van der Waals surface area contributed by atoms with Crippen molar-refractivity contribution >= 4 is 17.5 Å². The van der Waals surface area contributed by atoms with E-state index in [1.165, 1.54) is 12.8 Å². The van der Waals surface area contributed by atoms with E-state index in [4.69, 9.17) is 0 Å². The van der Waals surface area contributed by atoms with E-state index in [0.717, 1.165) is 37.3 Å². The van der Waals surface area contributed by atoms with Crippen LogP contribution in [0.25, 0.3) is 5.69 Å². The molecule has 0 bridgehead atoms. The largest absolute Gasteiger partial charge is 0.334 e. The second-order valence-electron chi connectivity index (χ2n) is 7.94. The minimum Gasteiger partial charge on any atom is -0.334 e. The van der Waals surface area contributed by atoms with E-state index in [0.29, 0.717) is 24.3 Å². The summed E-state index contributed by atoms with van der Waals surface area (Å²) in [5.74, 6) is 0.0755. The van der Waals surface area contributed by atoms with Crippen LogP contribution in [0.15, 0.2) is 61.1 Å². The molecular weight excluding hydrogens is 404 g/mol. The van der Waals surface area contributed by atoms with Crippen LogP contribution in [-0.2, 0) is 6.54 Å². The number of Topliss-reactive ketones (excluding diaryl/α,β-unsaturated/α-hetero) is 1. The quantitative estimate of drug-likeness (QED) is 0.504. The van der Waals surface area contributed by atoms with Crippen LogP contribution in [0, 0.1) is 0 Å². The lowest BCUT2D eigenvalue weighted by Gasteiger charge is -2.13. The minimum atomic E-state index is -0.289. The third kappa shape index (κ3) is 6.01. The highest BCUT2D eigenvalue weighted by Crippen LogP contribution is 2.15. The summed E-state index contributed by atoms with van der Waals surface area (Å²) >= 11 is 0. The van der Waals surface area contributed by atoms with Crippen LogP contribution in [-0.4, -0.2) is 51.1 Å². The molecule has 1 aliphatic rings. The monoisotopic (exact) mass is 432 g/mol. The Morgan fingerprint density at radius 1 is 1.03 bits per heavy atom. The number of urea groups is 1. The number of carbonyl (C=O) groups is 2. The third-order valence-electron chi connectivity index (χ3n) is 5.52. The molecule has 3 heterocycles. The van der Waals surface area contributed by atoms with Crippen molar-refractivity contribution in [2.75, 3.05) is 25.0 Å². The Morgan fingerprint density at radius 3 is 2.59 bits per heavy atom. The van der Waals surface area contributed by atoms with Crippen molar-refractivity contribution in [3.8, 4) is 5.69 Å². The van der Waals surface area contributed by atoms with Gasteiger partial charge >= 0.3 is 6.03 Å². The number of nitrogens with zero attached hydrogens (tertiary/aromatic N) is 4. The molecule has 2 amide bonds. The molecule has 0 aliphatic carbocycles. The Bertz CT molecular complexity index is 1030. The van der Waals surface area contributed by atoms with Gasteiger partial charge in [0.1, 0.15) is 5.69 Å². The van der Waals surface area contributed by atoms with E-state index >= 15 is 0 Å². The lowest BCUT2D eigenvalue weighted by Crippen LogP contribution is -2.28. The van der Waals surface area contributed by atoms with E-state index in [-0.39, 0.29) is 11.8 Å². The number of aromatic nitrogens is 3. The van der Waals surface area contributed by atoms with Gasteiger partial charge in [-0.2, -0.15) is 5.10 Å². The maximum absolute atomic E-state index is 12.4. The van der Waals surface area contributed by atoms with Crippen molar-refractivity contribution < 1.29 is 9.59 Å². The first-order valence-corrected chi connectivity index (χ1v) is 11.0. The smallest absolute Gasteiger partial charge is 0.319 e. The van der Waals surface area contributed by atoms with E-state index in [2.05, 4.69) is 25.6 Å². The van der Waals surface area contributed by atoms with Gasteiger partial charge in [-0.3, -0.25) is 9.78 Å². The SMILES string of the molecule is O=C(NCc1cccnc1)Nc1ccc(-n2ccc(C(=O)CCCN3CCCC3)n2)cc1. The van der Waals surface area contributed by atoms with Crippen LogP contribution in [0.4, 0.5) is 10.5 Å². The molecule has 0 spiro atoms. The number of amides is 2. The van der Waals surface area contributed by atoms with Crippen molar-refractivity contribution in [3.05, 3.63) is 72.3 Å². The summed E-state index contributed by atoms with van der Waals surface area (Å²) in [5.41, 5.74) is 2.91. The van der Waals surface area contributed by atoms with Crippen LogP contribution in [0.5, 0.6) is 0 Å². The standard InChI is InChI=1S/C24H28N6O2/c31-23(6-4-15-29-13-1-2-14-29)22-11-16-30(28-22)21-9-7-20(8-10-21)27-24(32)26-18-19-5-3-12-25-17-19/h3,5,7-12,16-17H,1-2,4,6,13-15,18H2,(H2,26,27,32). The van der Waals surface area contributed by atoms with E-state index < -0.39 is 0 Å². The number of benzene rings is 1. The zero-order valence-corrected chi connectivity index (χ0v) is 18.0. The van der Waals surface area contributed by atoms with Crippen molar-refractivity contribution in [2.24, 2.45) is 0 Å². The fourth-order valence-electron chi connectivity index (χ4n) is 3.77. The first-order chi connectivity index (χ1) is 15.7. The lowest BCUT2D eigenvalue weighted by atomic mass is 10.1. The molecule has 1 saturated heterocycles. The molecule has 1 aliphatic heterocycles. The molecule has 4 rings (SSSR count). The number of anilines is 1. The van der Waals surface area contributed by atoms with Crippen LogP contribution < -0.4 is 10.6 Å². The highest BCUT2D eigenvalue weighted by molar-refractivity contribution is 5.94. The van der Waals surface area contributed by atoms with E-state index in [1.54, 1.807) is 41.5 Å². The second kappa shape index (κ2) is 10.7. The lowest BCUT2D eigenvalue weighted by molar-refractivity contribution is 0.0971. The Morgan fingerprint density at radius 2 is 1.84 bits per heavy atom. The van der Waals surface area contributed by atoms with Crippen LogP contribution in [0.2, 0.25) is 0 Å². The molecule has 166 valence electrons. The zero-order valence-electron chi connectivity index (χ0n) is 18.0. The van der Waals surface area contributed by atoms with Gasteiger partial charge in [-0.1, -0.05) is 6.07 Å². The molecule has 2 N–H and O–H groups in total. The van der Waals surface area contributed by atoms with E-state index in [1.807, 2.05) is 24.3 Å². The molecule has 32 heavy (non-hydrogen) atoms. The Hall–Kier alpha value is -3.52. The summed E-state index contributed by atoms with van der Waals surface area (Å²) in [5, 5.41) is 10.0. The zero-order chi connectivity index (χ0) is 22.2. The molecule has 8 heteroatoms. The topological polar surface area (TPSA) is 92.2 Å². The molecule has 3 aromatic rings. The van der Waals surface area contributed by atoms with Gasteiger partial charge in [-0.25, -0.2) is 9.48 Å². The summed E-state index contributed by atoms with van der Waals surface area (Å²) in [6.45, 7) is 3.69. The molecule has 1 fully saturated rings. The Kier molecular flexibility index (Phi) is 7.24. The first-order valence-electron chi connectivity index (χ1n) is 11.0. The number of likely N-dealkylation sites (tertiary alicyclic amines) is 1. The molecule has 1 aromatic carbocycles. The third-order valence-corrected chi connectivity index (χ3v) is 5.52. The molecule has 0 unspecified atom stereocenters. The number of hydrogen-bond donors (Lipinski definition) is 2. The number of nitrogens with one attached hydrogen (secondary N) is 2. The Labute approximate surface area is 187 Å². The predicted octanol–water partition coefficient (Wildman–Crippen LogP) is 3.65. The summed E-state index contributed by atoms with van der Waals surface area (Å²) in [7, 11) is 0. The molecule has 2 aromatic heterocycles. The van der Waals surface area contributed by atoms with Crippen molar-refractivity contribution in [2.45, 2.75) is 32.2 Å². The number of hydrogen-bond acceptors (Lipinski definition) is 5. The van der Waals surface area contributed by atoms with E-state index in [9.17, 15) is 9.59 Å². The number of pyridine rings is 1. The van der Waals surface area contributed by atoms with Gasteiger partial charge in [0.2, 0.25) is 0 Å². The maximum atomic E-state index is 12.4. The van der Waals surface area contributed by atoms with Gasteiger partial charge in [-0.05, 0) is 80.9 Å². The van der Waals surface area contributed by atoms with Gasteiger partial charge in [0.15, 0.2) is 5.78 Å². The molecule has 0 saturated carbocycles. The summed E-state index contributed by atoms with van der Waals surface area (Å²) < 4.78 is 1.68. The molecule has 0 atom stereocenters. The Balaban J connectivity index is 1.26. The number of carbonyl (C=O) groups excluding carboxylic acids is 2. The molecule has 8 nitrogen and oxygen atoms in total. The average Bonchev–Trinajstić information content (AvgIpc) is 3.51. The highest BCUT2D eigenvalue weighted by Gasteiger charge is 2.14. The normalized spacial score (nSPS) is 13.8. The van der Waals surface area contributed by atoms with Gasteiger partial charge < -0.3 is 15.5 Å². The van der Waals surface area contributed by atoms with Gasteiger partial charge in [0.25, 0.3) is 0 Å². The maximum Gasteiger partial charge on any atom is 0.319 e. The van der Waals surface area contributed by atoms with Crippen LogP contribution in [0.1, 0.15) is 41.7 Å². The summed E-state index contributed by atoms with van der Waals surface area (Å²) in [6, 6.07) is 12.5.